The fourth-order valence-electron chi connectivity index (χ4n) is 2.84. The van der Waals surface area contributed by atoms with Crippen molar-refractivity contribution in [2.75, 3.05) is 13.7 Å². The van der Waals surface area contributed by atoms with Crippen molar-refractivity contribution in [3.63, 3.8) is 0 Å². The molecule has 22 heavy (non-hydrogen) atoms. The summed E-state index contributed by atoms with van der Waals surface area (Å²) in [5, 5.41) is 4.46. The van der Waals surface area contributed by atoms with E-state index in [-0.39, 0.29) is 6.23 Å². The molecule has 7 heteroatoms. The van der Waals surface area contributed by atoms with Crippen molar-refractivity contribution >= 4 is 12.7 Å². The highest BCUT2D eigenvalue weighted by atomic mass is 16.7. The molecule has 0 radical (unpaired) electrons. The second kappa shape index (κ2) is 5.55. The number of hydrogen-bond acceptors (Lipinski definition) is 5. The van der Waals surface area contributed by atoms with Crippen LogP contribution in [-0.2, 0) is 14.0 Å². The molecular weight excluding hydrogens is 283 g/mol. The molecule has 0 N–H and O–H groups in total. The second-order valence-electron chi connectivity index (χ2n) is 6.95. The zero-order valence-electron chi connectivity index (χ0n) is 14.1. The van der Waals surface area contributed by atoms with Crippen LogP contribution >= 0.6 is 0 Å². The molecule has 122 valence electrons. The first-order chi connectivity index (χ1) is 10.4. The zero-order chi connectivity index (χ0) is 16.0. The highest BCUT2D eigenvalue weighted by Gasteiger charge is 2.54. The Morgan fingerprint density at radius 3 is 2.45 bits per heavy atom. The predicted molar refractivity (Wildman–Crippen MR) is 83.3 cm³/mol. The fourth-order valence-corrected chi connectivity index (χ4v) is 2.84. The molecule has 0 saturated carbocycles. The van der Waals surface area contributed by atoms with Gasteiger partial charge in [-0.25, -0.2) is 4.68 Å². The minimum atomic E-state index is -0.507. The Labute approximate surface area is 132 Å². The average molecular weight is 308 g/mol. The fraction of sp³-hybridized carbons (Fsp3) is 0.800. The molecule has 1 aromatic heterocycles. The largest absolute Gasteiger partial charge is 0.518 e. The topological polar surface area (TPSA) is 54.7 Å². The van der Waals surface area contributed by atoms with Crippen LogP contribution in [0.25, 0.3) is 0 Å². The van der Waals surface area contributed by atoms with E-state index in [4.69, 9.17) is 18.8 Å². The summed E-state index contributed by atoms with van der Waals surface area (Å²) in [6.07, 6.45) is 4.80. The van der Waals surface area contributed by atoms with Gasteiger partial charge in [0.15, 0.2) is 5.75 Å². The van der Waals surface area contributed by atoms with Crippen LogP contribution in [0.5, 0.6) is 5.75 Å². The van der Waals surface area contributed by atoms with Gasteiger partial charge in [0.05, 0.1) is 24.5 Å². The lowest BCUT2D eigenvalue weighted by Gasteiger charge is -2.32. The van der Waals surface area contributed by atoms with E-state index in [2.05, 4.69) is 5.10 Å². The first-order valence-corrected chi connectivity index (χ1v) is 7.94. The van der Waals surface area contributed by atoms with E-state index >= 15 is 0 Å². The summed E-state index contributed by atoms with van der Waals surface area (Å²) in [5.74, 6) is 0.674. The third kappa shape index (κ3) is 2.55. The van der Waals surface area contributed by atoms with Gasteiger partial charge < -0.3 is 18.8 Å². The van der Waals surface area contributed by atoms with Crippen molar-refractivity contribution in [2.45, 2.75) is 64.4 Å². The molecule has 1 unspecified atom stereocenters. The molecule has 0 aromatic carbocycles. The van der Waals surface area contributed by atoms with Crippen molar-refractivity contribution in [1.29, 1.82) is 0 Å². The first kappa shape index (κ1) is 15.8. The SMILES string of the molecule is COc1cnn(C2CCCCO2)c1B1OC(C)(C)C(C)(C)O1. The van der Waals surface area contributed by atoms with E-state index < -0.39 is 18.3 Å². The first-order valence-electron chi connectivity index (χ1n) is 7.94. The van der Waals surface area contributed by atoms with Crippen LogP contribution in [0.3, 0.4) is 0 Å². The smallest absolute Gasteiger partial charge is 0.494 e. The zero-order valence-corrected chi connectivity index (χ0v) is 14.1. The van der Waals surface area contributed by atoms with E-state index in [0.717, 1.165) is 31.5 Å². The van der Waals surface area contributed by atoms with E-state index in [0.29, 0.717) is 5.75 Å². The Morgan fingerprint density at radius 1 is 1.23 bits per heavy atom. The predicted octanol–water partition coefficient (Wildman–Crippen LogP) is 1.89. The van der Waals surface area contributed by atoms with Crippen molar-refractivity contribution in [2.24, 2.45) is 0 Å². The number of methoxy groups -OCH3 is 1. The molecule has 6 nitrogen and oxygen atoms in total. The normalized spacial score (nSPS) is 27.1. The minimum absolute atomic E-state index is 0.0772. The molecular formula is C15H25BN2O4. The van der Waals surface area contributed by atoms with Crippen LogP contribution < -0.4 is 10.3 Å². The summed E-state index contributed by atoms with van der Waals surface area (Å²) in [5.41, 5.74) is 0.00388. The van der Waals surface area contributed by atoms with Crippen LogP contribution in [0.2, 0.25) is 0 Å². The van der Waals surface area contributed by atoms with Crippen molar-refractivity contribution in [3.05, 3.63) is 6.20 Å². The molecule has 0 bridgehead atoms. The summed E-state index contributed by atoms with van der Waals surface area (Å²) in [6.45, 7) is 8.92. The van der Waals surface area contributed by atoms with Gasteiger partial charge in [-0.15, -0.1) is 0 Å². The maximum atomic E-state index is 6.16. The van der Waals surface area contributed by atoms with E-state index in [1.165, 1.54) is 0 Å². The Morgan fingerprint density at radius 2 is 1.91 bits per heavy atom. The highest BCUT2D eigenvalue weighted by Crippen LogP contribution is 2.37. The van der Waals surface area contributed by atoms with Gasteiger partial charge in [0.2, 0.25) is 0 Å². The number of hydrogen-bond donors (Lipinski definition) is 0. The van der Waals surface area contributed by atoms with Gasteiger partial charge in [-0.1, -0.05) is 0 Å². The van der Waals surface area contributed by atoms with Gasteiger partial charge in [0, 0.05) is 6.61 Å². The number of nitrogens with zero attached hydrogens (tertiary/aromatic N) is 2. The van der Waals surface area contributed by atoms with Gasteiger partial charge in [-0.3, -0.25) is 0 Å². The van der Waals surface area contributed by atoms with Gasteiger partial charge in [-0.2, -0.15) is 5.10 Å². The molecule has 1 aromatic rings. The van der Waals surface area contributed by atoms with Crippen LogP contribution in [0.4, 0.5) is 0 Å². The number of rotatable bonds is 3. The van der Waals surface area contributed by atoms with Crippen LogP contribution in [0.15, 0.2) is 6.20 Å². The number of aromatic nitrogens is 2. The Balaban J connectivity index is 1.94. The molecule has 2 fully saturated rings. The monoisotopic (exact) mass is 308 g/mol. The average Bonchev–Trinajstić information content (AvgIpc) is 2.98. The quantitative estimate of drug-likeness (QED) is 0.798. The summed E-state index contributed by atoms with van der Waals surface area (Å²) in [4.78, 5) is 0. The van der Waals surface area contributed by atoms with E-state index in [9.17, 15) is 0 Å². The van der Waals surface area contributed by atoms with Gasteiger partial charge in [0.25, 0.3) is 0 Å². The molecule has 3 rings (SSSR count). The molecule has 2 aliphatic rings. The molecule has 2 saturated heterocycles. The van der Waals surface area contributed by atoms with Crippen LogP contribution in [-0.4, -0.2) is 41.8 Å². The summed E-state index contributed by atoms with van der Waals surface area (Å²) >= 11 is 0. The van der Waals surface area contributed by atoms with Crippen molar-refractivity contribution in [1.82, 2.24) is 9.78 Å². The van der Waals surface area contributed by atoms with E-state index in [1.807, 2.05) is 32.4 Å². The minimum Gasteiger partial charge on any atom is -0.494 e. The van der Waals surface area contributed by atoms with Gasteiger partial charge in [-0.05, 0) is 47.0 Å². The maximum Gasteiger partial charge on any atom is 0.518 e. The third-order valence-corrected chi connectivity index (χ3v) is 4.92. The Bertz CT molecular complexity index is 522. The number of ether oxygens (including phenoxy) is 2. The second-order valence-corrected chi connectivity index (χ2v) is 6.95. The lowest BCUT2D eigenvalue weighted by atomic mass is 9.83. The molecule has 0 spiro atoms. The Kier molecular flexibility index (Phi) is 3.99. The standard InChI is InChI=1S/C15H25BN2O4/c1-14(2)15(3,4)22-16(21-14)13-11(19-5)10-17-18(13)12-8-6-7-9-20-12/h10,12H,6-9H2,1-5H3. The molecule has 1 atom stereocenters. The van der Waals surface area contributed by atoms with Crippen LogP contribution in [0, 0.1) is 0 Å². The summed E-state index contributed by atoms with van der Waals surface area (Å²) < 4.78 is 25.5. The van der Waals surface area contributed by atoms with Crippen molar-refractivity contribution < 1.29 is 18.8 Å². The molecule has 2 aliphatic heterocycles. The summed E-state index contributed by atoms with van der Waals surface area (Å²) in [7, 11) is 1.13. The molecule has 0 aliphatic carbocycles. The lowest BCUT2D eigenvalue weighted by molar-refractivity contribution is -0.0380. The molecule has 3 heterocycles. The van der Waals surface area contributed by atoms with E-state index in [1.54, 1.807) is 13.3 Å². The Hall–Kier alpha value is -1.05. The highest BCUT2D eigenvalue weighted by molar-refractivity contribution is 6.62. The van der Waals surface area contributed by atoms with Gasteiger partial charge >= 0.3 is 7.12 Å². The lowest BCUT2D eigenvalue weighted by Crippen LogP contribution is -2.42. The van der Waals surface area contributed by atoms with Gasteiger partial charge in [0.1, 0.15) is 11.8 Å². The third-order valence-electron chi connectivity index (χ3n) is 4.92. The molecule has 0 amide bonds. The van der Waals surface area contributed by atoms with Crippen LogP contribution in [0.1, 0.15) is 53.2 Å². The van der Waals surface area contributed by atoms with Crippen molar-refractivity contribution in [3.8, 4) is 5.75 Å². The summed E-state index contributed by atoms with van der Waals surface area (Å²) in [6, 6.07) is 0. The maximum absolute atomic E-state index is 6.16.